The molecule has 0 spiro atoms. The molecule has 0 aliphatic rings. The molecule has 13 heteroatoms. The lowest BCUT2D eigenvalue weighted by Gasteiger charge is -2.36. The van der Waals surface area contributed by atoms with Gasteiger partial charge in [-0.15, -0.1) is 0 Å². The van der Waals surface area contributed by atoms with Crippen LogP contribution in [0.4, 0.5) is 4.79 Å². The Morgan fingerprint density at radius 3 is 2.24 bits per heavy atom. The maximum absolute atomic E-state index is 14.5. The summed E-state index contributed by atoms with van der Waals surface area (Å²) in [5.41, 5.74) is 4.16. The summed E-state index contributed by atoms with van der Waals surface area (Å²) in [6, 6.07) is 16.4. The second-order valence-corrected chi connectivity index (χ2v) is 12.5. The van der Waals surface area contributed by atoms with Crippen molar-refractivity contribution in [3.05, 3.63) is 78.0 Å². The molecule has 0 aliphatic carbocycles. The third kappa shape index (κ3) is 12.7. The zero-order valence-electron chi connectivity index (χ0n) is 29.5. The van der Waals surface area contributed by atoms with Gasteiger partial charge in [0.2, 0.25) is 11.8 Å². The molecule has 0 bridgehead atoms. The number of para-hydroxylation sites is 1. The molecule has 2 atom stereocenters. The van der Waals surface area contributed by atoms with Crippen molar-refractivity contribution in [1.29, 1.82) is 0 Å². The van der Waals surface area contributed by atoms with Gasteiger partial charge in [0.1, 0.15) is 11.6 Å². The van der Waals surface area contributed by atoms with Gasteiger partial charge in [-0.05, 0) is 58.7 Å². The molecule has 4 amide bonds. The van der Waals surface area contributed by atoms with Gasteiger partial charge in [-0.1, -0.05) is 54.6 Å². The van der Waals surface area contributed by atoms with E-state index in [9.17, 15) is 19.2 Å². The molecular weight excluding hydrogens is 628 g/mol. The second kappa shape index (κ2) is 18.8. The van der Waals surface area contributed by atoms with Crippen LogP contribution in [-0.2, 0) is 41.7 Å². The number of ether oxygens (including phenoxy) is 3. The summed E-state index contributed by atoms with van der Waals surface area (Å²) in [7, 11) is 1.52. The molecular formula is C36H50N6O7. The number of carbonyl (C=O) groups is 4. The molecule has 3 N–H and O–H groups in total. The number of hydrazine groups is 1. The predicted octanol–water partition coefficient (Wildman–Crippen LogP) is 3.91. The summed E-state index contributed by atoms with van der Waals surface area (Å²) in [5, 5.41) is 7.63. The van der Waals surface area contributed by atoms with Crippen LogP contribution in [0.5, 0.6) is 0 Å². The molecule has 0 radical (unpaired) electrons. The first-order valence-corrected chi connectivity index (χ1v) is 16.5. The van der Waals surface area contributed by atoms with E-state index in [2.05, 4.69) is 21.0 Å². The van der Waals surface area contributed by atoms with E-state index < -0.39 is 54.2 Å². The average Bonchev–Trinajstić information content (AvgIpc) is 3.04. The van der Waals surface area contributed by atoms with Crippen LogP contribution in [0.15, 0.2) is 66.9 Å². The van der Waals surface area contributed by atoms with E-state index in [1.54, 1.807) is 33.9 Å². The van der Waals surface area contributed by atoms with Gasteiger partial charge in [0.05, 0.1) is 24.5 Å². The normalized spacial score (nSPS) is 12.8. The summed E-state index contributed by atoms with van der Waals surface area (Å²) in [6.07, 6.45) is 0.467. The lowest BCUT2D eigenvalue weighted by Crippen LogP contribution is -2.56. The van der Waals surface area contributed by atoms with Crippen LogP contribution in [0.1, 0.15) is 59.1 Å². The molecule has 0 unspecified atom stereocenters. The van der Waals surface area contributed by atoms with Gasteiger partial charge in [-0.2, -0.15) is 0 Å². The van der Waals surface area contributed by atoms with Gasteiger partial charge in [0.15, 0.2) is 6.29 Å². The summed E-state index contributed by atoms with van der Waals surface area (Å²) in [4.78, 5) is 59.5. The van der Waals surface area contributed by atoms with Crippen LogP contribution in [-0.4, -0.2) is 89.5 Å². The van der Waals surface area contributed by atoms with Gasteiger partial charge in [-0.25, -0.2) is 9.80 Å². The Bertz CT molecular complexity index is 1520. The molecule has 13 nitrogen and oxygen atoms in total. The Balaban J connectivity index is 1.86. The monoisotopic (exact) mass is 678 g/mol. The minimum Gasteiger partial charge on any atom is -0.460 e. The number of aromatic nitrogens is 1. The van der Waals surface area contributed by atoms with Crippen molar-refractivity contribution in [2.24, 2.45) is 0 Å². The standard InChI is InChI=1S/C36H50N6O7/c1-8-47-34(48-9-2)25(3)42(23-28-18-13-17-27-19-14-20-37-32(27)28)33(45)29(21-31(44)49-36(4,5)6)39-30(43)24-41(7)40-35(46)38-22-26-15-11-10-12-16-26/h10-20,25,29,34H,8-9,21-24H2,1-7H3,(H,39,43)(H2,38,40,46)/t25-,29-/m0/s1. The molecule has 3 rings (SSSR count). The first kappa shape index (κ1) is 38.9. The maximum atomic E-state index is 14.5. The van der Waals surface area contributed by atoms with E-state index in [4.69, 9.17) is 14.2 Å². The zero-order chi connectivity index (χ0) is 36.0. The first-order valence-electron chi connectivity index (χ1n) is 16.5. The molecule has 49 heavy (non-hydrogen) atoms. The second-order valence-electron chi connectivity index (χ2n) is 12.5. The maximum Gasteiger partial charge on any atom is 0.329 e. The number of nitrogens with zero attached hydrogens (tertiary/aromatic N) is 3. The van der Waals surface area contributed by atoms with Crippen LogP contribution >= 0.6 is 0 Å². The van der Waals surface area contributed by atoms with Gasteiger partial charge in [0.25, 0.3) is 0 Å². The molecule has 266 valence electrons. The number of benzene rings is 2. The number of carbonyl (C=O) groups excluding carboxylic acids is 4. The Hall–Kier alpha value is -4.59. The summed E-state index contributed by atoms with van der Waals surface area (Å²) in [6.45, 7) is 11.4. The SMILES string of the molecule is CCOC(OCC)[C@H](C)N(Cc1cccc2cccnc12)C(=O)[C@H](CC(=O)OC(C)(C)C)NC(=O)CN(C)NC(=O)NCc1ccccc1. The number of nitrogens with one attached hydrogen (secondary N) is 3. The van der Waals surface area contributed by atoms with E-state index in [1.807, 2.05) is 74.5 Å². The van der Waals surface area contributed by atoms with Gasteiger partial charge in [-0.3, -0.25) is 24.8 Å². The highest BCUT2D eigenvalue weighted by Crippen LogP contribution is 2.22. The molecule has 1 heterocycles. The molecule has 3 aromatic rings. The van der Waals surface area contributed by atoms with E-state index in [0.717, 1.165) is 16.5 Å². The number of rotatable bonds is 17. The van der Waals surface area contributed by atoms with Gasteiger partial charge < -0.3 is 29.7 Å². The fourth-order valence-electron chi connectivity index (χ4n) is 5.14. The Labute approximate surface area is 288 Å². The minimum absolute atomic E-state index is 0.0920. The fourth-order valence-corrected chi connectivity index (χ4v) is 5.14. The number of pyridine rings is 1. The molecule has 0 fully saturated rings. The molecule has 0 aliphatic heterocycles. The lowest BCUT2D eigenvalue weighted by atomic mass is 10.1. The number of hydrogen-bond acceptors (Lipinski definition) is 9. The van der Waals surface area contributed by atoms with E-state index in [0.29, 0.717) is 25.3 Å². The number of hydrogen-bond donors (Lipinski definition) is 3. The Morgan fingerprint density at radius 2 is 1.59 bits per heavy atom. The number of esters is 1. The highest BCUT2D eigenvalue weighted by atomic mass is 16.7. The van der Waals surface area contributed by atoms with E-state index in [-0.39, 0.29) is 13.1 Å². The largest absolute Gasteiger partial charge is 0.460 e. The minimum atomic E-state index is -1.31. The smallest absolute Gasteiger partial charge is 0.329 e. The third-order valence-corrected chi connectivity index (χ3v) is 7.28. The molecule has 2 aromatic carbocycles. The van der Waals surface area contributed by atoms with Crippen LogP contribution in [0.25, 0.3) is 10.9 Å². The van der Waals surface area contributed by atoms with Crippen LogP contribution < -0.4 is 16.1 Å². The fraction of sp³-hybridized carbons (Fsp3) is 0.472. The van der Waals surface area contributed by atoms with Crippen molar-refractivity contribution in [1.82, 2.24) is 31.0 Å². The van der Waals surface area contributed by atoms with Crippen molar-refractivity contribution in [3.8, 4) is 0 Å². The first-order chi connectivity index (χ1) is 23.3. The molecule has 0 saturated heterocycles. The Morgan fingerprint density at radius 1 is 0.918 bits per heavy atom. The van der Waals surface area contributed by atoms with Crippen molar-refractivity contribution in [2.75, 3.05) is 26.8 Å². The zero-order valence-corrected chi connectivity index (χ0v) is 29.5. The van der Waals surface area contributed by atoms with Crippen LogP contribution in [0, 0.1) is 0 Å². The number of urea groups is 1. The number of likely N-dealkylation sites (N-methyl/N-ethyl adjacent to an activating group) is 1. The summed E-state index contributed by atoms with van der Waals surface area (Å²) < 4.78 is 17.3. The molecule has 1 aromatic heterocycles. The number of amides is 4. The Kier molecular flexibility index (Phi) is 14.9. The highest BCUT2D eigenvalue weighted by molar-refractivity contribution is 5.92. The van der Waals surface area contributed by atoms with Gasteiger partial charge in [0, 0.05) is 44.9 Å². The third-order valence-electron chi connectivity index (χ3n) is 7.28. The summed E-state index contributed by atoms with van der Waals surface area (Å²) >= 11 is 0. The topological polar surface area (TPSA) is 151 Å². The molecule has 0 saturated carbocycles. The van der Waals surface area contributed by atoms with Crippen molar-refractivity contribution in [2.45, 2.75) is 85.0 Å². The van der Waals surface area contributed by atoms with Gasteiger partial charge >= 0.3 is 12.0 Å². The van der Waals surface area contributed by atoms with Crippen molar-refractivity contribution < 1.29 is 33.4 Å². The number of fused-ring (bicyclic) bond motifs is 1. The van der Waals surface area contributed by atoms with Crippen LogP contribution in [0.2, 0.25) is 0 Å². The average molecular weight is 679 g/mol. The predicted molar refractivity (Wildman–Crippen MR) is 186 cm³/mol. The van der Waals surface area contributed by atoms with Crippen molar-refractivity contribution in [3.63, 3.8) is 0 Å². The quantitative estimate of drug-likeness (QED) is 0.110. The summed E-state index contributed by atoms with van der Waals surface area (Å²) in [5.74, 6) is -1.80. The lowest BCUT2D eigenvalue weighted by molar-refractivity contribution is -0.180. The van der Waals surface area contributed by atoms with Crippen molar-refractivity contribution >= 4 is 34.7 Å². The van der Waals surface area contributed by atoms with E-state index in [1.165, 1.54) is 17.0 Å². The highest BCUT2D eigenvalue weighted by Gasteiger charge is 2.36. The van der Waals surface area contributed by atoms with Crippen LogP contribution in [0.3, 0.4) is 0 Å². The van der Waals surface area contributed by atoms with E-state index >= 15 is 0 Å².